The van der Waals surface area contributed by atoms with Gasteiger partial charge in [-0.2, -0.15) is 0 Å². The number of aromatic amines is 1. The summed E-state index contributed by atoms with van der Waals surface area (Å²) in [6.45, 7) is 0.841. The van der Waals surface area contributed by atoms with E-state index in [-0.39, 0.29) is 18.8 Å². The first-order valence-electron chi connectivity index (χ1n) is 8.49. The average Bonchev–Trinajstić information content (AvgIpc) is 3.35. The molecule has 27 heavy (non-hydrogen) atoms. The Kier molecular flexibility index (Phi) is 5.01. The Morgan fingerprint density at radius 1 is 1.15 bits per heavy atom. The van der Waals surface area contributed by atoms with Crippen molar-refractivity contribution in [2.75, 3.05) is 13.2 Å². The molecule has 0 spiro atoms. The van der Waals surface area contributed by atoms with Gasteiger partial charge in [0, 0.05) is 6.20 Å². The van der Waals surface area contributed by atoms with Crippen LogP contribution < -0.4 is 11.2 Å². The molecule has 1 aliphatic rings. The van der Waals surface area contributed by atoms with Crippen LogP contribution in [-0.4, -0.2) is 29.1 Å². The van der Waals surface area contributed by atoms with Crippen LogP contribution in [0.2, 0.25) is 0 Å². The Balaban J connectivity index is 1.42. The van der Waals surface area contributed by atoms with Crippen molar-refractivity contribution in [2.24, 2.45) is 0 Å². The van der Waals surface area contributed by atoms with Crippen molar-refractivity contribution in [3.63, 3.8) is 0 Å². The first-order valence-corrected chi connectivity index (χ1v) is 8.49. The molecule has 0 bridgehead atoms. The van der Waals surface area contributed by atoms with Crippen molar-refractivity contribution in [2.45, 2.75) is 19.1 Å². The van der Waals surface area contributed by atoms with Gasteiger partial charge in [0.2, 0.25) is 0 Å². The Morgan fingerprint density at radius 3 is 2.78 bits per heavy atom. The minimum Gasteiger partial charge on any atom is -0.464 e. The number of hydrogen-bond donors (Lipinski definition) is 1. The summed E-state index contributed by atoms with van der Waals surface area (Å²) in [5, 5.41) is 0. The van der Waals surface area contributed by atoms with Gasteiger partial charge in [-0.15, -0.1) is 0 Å². The smallest absolute Gasteiger partial charge is 0.330 e. The van der Waals surface area contributed by atoms with Crippen LogP contribution in [0.3, 0.4) is 0 Å². The van der Waals surface area contributed by atoms with Crippen molar-refractivity contribution >= 4 is 0 Å². The minimum atomic E-state index is -0.659. The summed E-state index contributed by atoms with van der Waals surface area (Å²) in [6.07, 6.45) is 1.62. The van der Waals surface area contributed by atoms with E-state index in [0.29, 0.717) is 12.4 Å². The fraction of sp³-hybridized carbons (Fsp3) is 0.263. The fourth-order valence-corrected chi connectivity index (χ4v) is 2.83. The van der Waals surface area contributed by atoms with E-state index in [1.165, 1.54) is 17.0 Å². The molecule has 0 saturated carbocycles. The highest BCUT2D eigenvalue weighted by Crippen LogP contribution is 2.22. The standard InChI is InChI=1S/C19H18N2O6/c22-18-14(15-7-4-8-25-15)9-21(19(23)20-18)16-11-26-17(27-16)12-24-10-13-5-2-1-3-6-13/h1-9,16-17H,10-12H2,(H,20,22,23)/t16-,17-/m0/s1. The van der Waals surface area contributed by atoms with Gasteiger partial charge in [-0.05, 0) is 17.7 Å². The quantitative estimate of drug-likeness (QED) is 0.712. The first kappa shape index (κ1) is 17.5. The van der Waals surface area contributed by atoms with Gasteiger partial charge in [-0.25, -0.2) is 4.79 Å². The molecule has 1 fully saturated rings. The predicted molar refractivity (Wildman–Crippen MR) is 95.0 cm³/mol. The Morgan fingerprint density at radius 2 is 2.00 bits per heavy atom. The lowest BCUT2D eigenvalue weighted by atomic mass is 10.2. The van der Waals surface area contributed by atoms with Crippen LogP contribution in [0.5, 0.6) is 0 Å². The predicted octanol–water partition coefficient (Wildman–Crippen LogP) is 1.88. The summed E-state index contributed by atoms with van der Waals surface area (Å²) in [5.41, 5.74) is 0.196. The molecule has 0 amide bonds. The molecule has 0 radical (unpaired) electrons. The normalized spacial score (nSPS) is 19.4. The van der Waals surface area contributed by atoms with E-state index in [1.807, 2.05) is 30.3 Å². The van der Waals surface area contributed by atoms with Crippen LogP contribution in [0, 0.1) is 0 Å². The van der Waals surface area contributed by atoms with Crippen LogP contribution in [0.25, 0.3) is 11.3 Å². The van der Waals surface area contributed by atoms with Crippen LogP contribution in [0.4, 0.5) is 0 Å². The van der Waals surface area contributed by atoms with Gasteiger partial charge in [0.25, 0.3) is 5.56 Å². The first-order chi connectivity index (χ1) is 13.2. The zero-order valence-corrected chi connectivity index (χ0v) is 14.4. The molecule has 8 nitrogen and oxygen atoms in total. The van der Waals surface area contributed by atoms with Gasteiger partial charge in [-0.3, -0.25) is 14.3 Å². The number of aromatic nitrogens is 2. The lowest BCUT2D eigenvalue weighted by molar-refractivity contribution is -0.118. The minimum absolute atomic E-state index is 0.170. The number of ether oxygens (including phenoxy) is 3. The van der Waals surface area contributed by atoms with E-state index in [9.17, 15) is 9.59 Å². The van der Waals surface area contributed by atoms with Crippen molar-refractivity contribution in [3.05, 3.63) is 81.3 Å². The molecule has 1 aromatic carbocycles. The van der Waals surface area contributed by atoms with Crippen molar-refractivity contribution in [1.82, 2.24) is 9.55 Å². The number of benzene rings is 1. The van der Waals surface area contributed by atoms with Gasteiger partial charge in [0.1, 0.15) is 5.76 Å². The van der Waals surface area contributed by atoms with Gasteiger partial charge < -0.3 is 18.6 Å². The molecule has 2 aromatic heterocycles. The van der Waals surface area contributed by atoms with Crippen molar-refractivity contribution < 1.29 is 18.6 Å². The second-order valence-electron chi connectivity index (χ2n) is 6.04. The molecule has 1 saturated heterocycles. The van der Waals surface area contributed by atoms with Gasteiger partial charge in [0.05, 0.1) is 31.6 Å². The molecule has 0 unspecified atom stereocenters. The monoisotopic (exact) mass is 370 g/mol. The van der Waals surface area contributed by atoms with E-state index in [2.05, 4.69) is 4.98 Å². The van der Waals surface area contributed by atoms with Crippen molar-refractivity contribution in [1.29, 1.82) is 0 Å². The molecule has 2 atom stereocenters. The lowest BCUT2D eigenvalue weighted by Crippen LogP contribution is -2.34. The summed E-state index contributed by atoms with van der Waals surface area (Å²) >= 11 is 0. The van der Waals surface area contributed by atoms with Crippen LogP contribution in [-0.2, 0) is 20.8 Å². The zero-order valence-electron chi connectivity index (χ0n) is 14.4. The van der Waals surface area contributed by atoms with E-state index in [4.69, 9.17) is 18.6 Å². The van der Waals surface area contributed by atoms with Gasteiger partial charge >= 0.3 is 5.69 Å². The molecule has 0 aliphatic carbocycles. The van der Waals surface area contributed by atoms with E-state index < -0.39 is 23.8 Å². The molecule has 1 aliphatic heterocycles. The summed E-state index contributed by atoms with van der Waals surface area (Å²) in [7, 11) is 0. The summed E-state index contributed by atoms with van der Waals surface area (Å²) in [6, 6.07) is 13.1. The third-order valence-corrected chi connectivity index (χ3v) is 4.16. The summed E-state index contributed by atoms with van der Waals surface area (Å²) in [4.78, 5) is 26.5. The molecular weight excluding hydrogens is 352 g/mol. The average molecular weight is 370 g/mol. The topological polar surface area (TPSA) is 95.7 Å². The Hall–Kier alpha value is -2.94. The number of furan rings is 1. The van der Waals surface area contributed by atoms with Crippen LogP contribution >= 0.6 is 0 Å². The molecule has 3 aromatic rings. The van der Waals surface area contributed by atoms with E-state index >= 15 is 0 Å². The molecule has 3 heterocycles. The second kappa shape index (κ2) is 7.75. The number of H-pyrrole nitrogens is 1. The highest BCUT2D eigenvalue weighted by molar-refractivity contribution is 5.54. The Labute approximate surface area is 153 Å². The van der Waals surface area contributed by atoms with Crippen molar-refractivity contribution in [3.8, 4) is 11.3 Å². The van der Waals surface area contributed by atoms with E-state index in [0.717, 1.165) is 5.56 Å². The number of nitrogens with zero attached hydrogens (tertiary/aromatic N) is 1. The van der Waals surface area contributed by atoms with E-state index in [1.54, 1.807) is 12.1 Å². The fourth-order valence-electron chi connectivity index (χ4n) is 2.83. The number of nitrogens with one attached hydrogen (secondary N) is 1. The van der Waals surface area contributed by atoms with Gasteiger partial charge in [-0.1, -0.05) is 30.3 Å². The molecule has 1 N–H and O–H groups in total. The summed E-state index contributed by atoms with van der Waals surface area (Å²) < 4.78 is 23.4. The maximum absolute atomic E-state index is 12.2. The molecular formula is C19H18N2O6. The highest BCUT2D eigenvalue weighted by Gasteiger charge is 2.29. The maximum atomic E-state index is 12.2. The Bertz CT molecular complexity index is 993. The number of hydrogen-bond acceptors (Lipinski definition) is 6. The SMILES string of the molecule is O=c1[nH]c(=O)n([C@@H]2CO[C@H](COCc3ccccc3)O2)cc1-c1ccco1. The van der Waals surface area contributed by atoms with Crippen LogP contribution in [0.15, 0.2) is 68.9 Å². The van der Waals surface area contributed by atoms with Crippen LogP contribution in [0.1, 0.15) is 11.8 Å². The lowest BCUT2D eigenvalue weighted by Gasteiger charge is -2.14. The second-order valence-corrected chi connectivity index (χ2v) is 6.04. The third-order valence-electron chi connectivity index (χ3n) is 4.16. The maximum Gasteiger partial charge on any atom is 0.330 e. The van der Waals surface area contributed by atoms with Gasteiger partial charge in [0.15, 0.2) is 12.5 Å². The molecule has 4 rings (SSSR count). The third kappa shape index (κ3) is 3.92. The summed E-state index contributed by atoms with van der Waals surface area (Å²) in [5.74, 6) is 0.367. The molecule has 140 valence electrons. The largest absolute Gasteiger partial charge is 0.464 e. The number of rotatable bonds is 6. The zero-order chi connectivity index (χ0) is 18.6. The highest BCUT2D eigenvalue weighted by atomic mass is 16.7. The molecule has 8 heteroatoms.